The maximum absolute atomic E-state index is 13.3. The molecule has 1 aliphatic rings. The molecule has 0 radical (unpaired) electrons. The minimum Gasteiger partial charge on any atom is -0.454 e. The van der Waals surface area contributed by atoms with E-state index in [0.29, 0.717) is 11.5 Å². The van der Waals surface area contributed by atoms with Gasteiger partial charge in [0.25, 0.3) is 0 Å². The summed E-state index contributed by atoms with van der Waals surface area (Å²) in [6.45, 7) is 6.68. The Morgan fingerprint density at radius 2 is 1.84 bits per heavy atom. The molecule has 3 aromatic rings. The number of fused-ring (bicyclic) bond motifs is 2. The predicted molar refractivity (Wildman–Crippen MR) is 119 cm³/mol. The largest absolute Gasteiger partial charge is 0.454 e. The molecule has 0 unspecified atom stereocenters. The highest BCUT2D eigenvalue weighted by molar-refractivity contribution is 6.05. The highest BCUT2D eigenvalue weighted by Gasteiger charge is 2.34. The van der Waals surface area contributed by atoms with Gasteiger partial charge in [-0.3, -0.25) is 4.98 Å². The minimum absolute atomic E-state index is 0.00470. The van der Waals surface area contributed by atoms with Crippen LogP contribution in [0.3, 0.4) is 0 Å². The number of pyridine rings is 1. The number of anilines is 2. The van der Waals surface area contributed by atoms with Crippen LogP contribution in [0, 0.1) is 11.3 Å². The summed E-state index contributed by atoms with van der Waals surface area (Å²) in [7, 11) is 0. The van der Waals surface area contributed by atoms with E-state index in [1.54, 1.807) is 0 Å². The van der Waals surface area contributed by atoms with Crippen molar-refractivity contribution in [2.45, 2.75) is 53.1 Å². The van der Waals surface area contributed by atoms with E-state index < -0.39 is 5.97 Å². The number of aryl methyl sites for hydroxylation is 1. The Hall–Kier alpha value is -3.29. The van der Waals surface area contributed by atoms with Crippen molar-refractivity contribution in [3.05, 3.63) is 46.9 Å². The first kappa shape index (κ1) is 21.0. The Morgan fingerprint density at radius 3 is 2.55 bits per heavy atom. The standard InChI is InChI=1S/C23H28N6O2/c1-4-23(2,3)13-9-10-17-15(11-13)19(14-7-5-6-8-16(14)26-17)20(30)31-12-18-27-21(24)29-22(25)28-18/h5-8,13H,4,9-12H2,1-3H3,(H4,24,25,27,28,29)/t13-/m1/s1. The van der Waals surface area contributed by atoms with E-state index in [1.807, 2.05) is 24.3 Å². The van der Waals surface area contributed by atoms with Gasteiger partial charge < -0.3 is 16.2 Å². The number of benzene rings is 1. The predicted octanol–water partition coefficient (Wildman–Crippen LogP) is 3.48. The lowest BCUT2D eigenvalue weighted by Crippen LogP contribution is -2.30. The molecule has 4 rings (SSSR count). The Kier molecular flexibility index (Phi) is 5.47. The van der Waals surface area contributed by atoms with Crippen LogP contribution in [0.5, 0.6) is 0 Å². The number of para-hydroxylation sites is 1. The summed E-state index contributed by atoms with van der Waals surface area (Å²) in [4.78, 5) is 29.9. The van der Waals surface area contributed by atoms with Crippen molar-refractivity contribution >= 4 is 28.8 Å². The second-order valence-electron chi connectivity index (χ2n) is 8.76. The average molecular weight is 421 g/mol. The zero-order valence-electron chi connectivity index (χ0n) is 18.2. The number of nitrogen functional groups attached to an aromatic ring is 2. The molecule has 0 saturated heterocycles. The molecule has 8 nitrogen and oxygen atoms in total. The summed E-state index contributed by atoms with van der Waals surface area (Å²) >= 11 is 0. The molecule has 0 fully saturated rings. The molecule has 0 saturated carbocycles. The molecule has 2 heterocycles. The molecular weight excluding hydrogens is 392 g/mol. The van der Waals surface area contributed by atoms with Crippen LogP contribution in [0.1, 0.15) is 61.1 Å². The van der Waals surface area contributed by atoms with Crippen molar-refractivity contribution in [1.82, 2.24) is 19.9 Å². The van der Waals surface area contributed by atoms with Crippen LogP contribution in [0.15, 0.2) is 24.3 Å². The molecule has 0 spiro atoms. The number of carbonyl (C=O) groups excluding carboxylic acids is 1. The summed E-state index contributed by atoms with van der Waals surface area (Å²) in [5, 5.41) is 0.802. The van der Waals surface area contributed by atoms with Gasteiger partial charge in [0.05, 0.1) is 11.1 Å². The average Bonchev–Trinajstić information content (AvgIpc) is 2.74. The number of hydrogen-bond donors (Lipinski definition) is 2. The van der Waals surface area contributed by atoms with Crippen LogP contribution in [0.4, 0.5) is 11.9 Å². The van der Waals surface area contributed by atoms with Crippen molar-refractivity contribution in [2.24, 2.45) is 11.3 Å². The van der Waals surface area contributed by atoms with E-state index in [-0.39, 0.29) is 29.7 Å². The van der Waals surface area contributed by atoms with E-state index in [0.717, 1.165) is 47.8 Å². The molecule has 1 aromatic carbocycles. The highest BCUT2D eigenvalue weighted by atomic mass is 16.5. The number of esters is 1. The summed E-state index contributed by atoms with van der Waals surface area (Å²) in [6.07, 6.45) is 3.81. The first-order valence-electron chi connectivity index (χ1n) is 10.6. The van der Waals surface area contributed by atoms with Gasteiger partial charge in [-0.25, -0.2) is 4.79 Å². The SMILES string of the molecule is CCC(C)(C)[C@@H]1CCc2nc3ccccc3c(C(=O)OCc3nc(N)nc(N)n3)c2C1. The number of aromatic nitrogens is 4. The van der Waals surface area contributed by atoms with Gasteiger partial charge in [-0.05, 0) is 42.2 Å². The lowest BCUT2D eigenvalue weighted by Gasteiger charge is -2.37. The quantitative estimate of drug-likeness (QED) is 0.600. The fourth-order valence-corrected chi connectivity index (χ4v) is 4.30. The van der Waals surface area contributed by atoms with E-state index in [2.05, 4.69) is 35.7 Å². The number of hydrogen-bond acceptors (Lipinski definition) is 8. The maximum Gasteiger partial charge on any atom is 0.339 e. The Bertz CT molecular complexity index is 1120. The molecule has 4 N–H and O–H groups in total. The Morgan fingerprint density at radius 1 is 1.13 bits per heavy atom. The van der Waals surface area contributed by atoms with Crippen molar-refractivity contribution in [1.29, 1.82) is 0 Å². The molecule has 1 aliphatic carbocycles. The summed E-state index contributed by atoms with van der Waals surface area (Å²) in [6, 6.07) is 7.70. The second kappa shape index (κ2) is 8.09. The highest BCUT2D eigenvalue weighted by Crippen LogP contribution is 2.41. The minimum atomic E-state index is -0.414. The van der Waals surface area contributed by atoms with Gasteiger partial charge in [-0.2, -0.15) is 15.0 Å². The summed E-state index contributed by atoms with van der Waals surface area (Å²) in [5.41, 5.74) is 14.8. The second-order valence-corrected chi connectivity index (χ2v) is 8.76. The number of nitrogens with zero attached hydrogens (tertiary/aromatic N) is 4. The number of ether oxygens (including phenoxy) is 1. The fourth-order valence-electron chi connectivity index (χ4n) is 4.30. The molecule has 31 heavy (non-hydrogen) atoms. The molecule has 2 aromatic heterocycles. The smallest absolute Gasteiger partial charge is 0.339 e. The number of nitrogens with two attached hydrogens (primary N) is 2. The van der Waals surface area contributed by atoms with Gasteiger partial charge in [0.15, 0.2) is 12.4 Å². The third-order valence-corrected chi connectivity index (χ3v) is 6.53. The Labute approximate surface area is 181 Å². The zero-order valence-corrected chi connectivity index (χ0v) is 18.2. The van der Waals surface area contributed by atoms with Gasteiger partial charge in [0.2, 0.25) is 11.9 Å². The van der Waals surface area contributed by atoms with Gasteiger partial charge in [-0.15, -0.1) is 0 Å². The van der Waals surface area contributed by atoms with Crippen molar-refractivity contribution in [2.75, 3.05) is 11.5 Å². The third-order valence-electron chi connectivity index (χ3n) is 6.53. The van der Waals surface area contributed by atoms with Crippen LogP contribution in [0.25, 0.3) is 10.9 Å². The molecule has 8 heteroatoms. The molecule has 1 atom stereocenters. The van der Waals surface area contributed by atoms with E-state index >= 15 is 0 Å². The lowest BCUT2D eigenvalue weighted by atomic mass is 9.68. The summed E-state index contributed by atoms with van der Waals surface area (Å²) < 4.78 is 5.61. The van der Waals surface area contributed by atoms with E-state index in [4.69, 9.17) is 21.2 Å². The first-order chi connectivity index (χ1) is 14.8. The summed E-state index contributed by atoms with van der Waals surface area (Å²) in [5.74, 6) is 0.269. The van der Waals surface area contributed by atoms with Crippen molar-refractivity contribution < 1.29 is 9.53 Å². The molecule has 0 bridgehead atoms. The van der Waals surface area contributed by atoms with Crippen LogP contribution in [-0.2, 0) is 24.2 Å². The fraction of sp³-hybridized carbons (Fsp3) is 0.435. The van der Waals surface area contributed by atoms with Crippen LogP contribution in [-0.4, -0.2) is 25.9 Å². The van der Waals surface area contributed by atoms with Crippen molar-refractivity contribution in [3.63, 3.8) is 0 Å². The van der Waals surface area contributed by atoms with Gasteiger partial charge in [0, 0.05) is 11.1 Å². The Balaban J connectivity index is 1.72. The first-order valence-corrected chi connectivity index (χ1v) is 10.6. The monoisotopic (exact) mass is 420 g/mol. The molecular formula is C23H28N6O2. The maximum atomic E-state index is 13.3. The van der Waals surface area contributed by atoms with Gasteiger partial charge >= 0.3 is 5.97 Å². The third kappa shape index (κ3) is 4.15. The molecule has 0 amide bonds. The molecule has 0 aliphatic heterocycles. The van der Waals surface area contributed by atoms with Gasteiger partial charge in [-0.1, -0.05) is 45.4 Å². The topological polar surface area (TPSA) is 130 Å². The van der Waals surface area contributed by atoms with Crippen LogP contribution in [0.2, 0.25) is 0 Å². The van der Waals surface area contributed by atoms with Gasteiger partial charge in [0.1, 0.15) is 0 Å². The number of rotatable bonds is 5. The normalized spacial score (nSPS) is 16.2. The van der Waals surface area contributed by atoms with Crippen LogP contribution >= 0.6 is 0 Å². The molecule has 162 valence electrons. The van der Waals surface area contributed by atoms with Crippen molar-refractivity contribution in [3.8, 4) is 0 Å². The lowest BCUT2D eigenvalue weighted by molar-refractivity contribution is 0.0461. The number of carbonyl (C=O) groups is 1. The zero-order chi connectivity index (χ0) is 22.2. The van der Waals surface area contributed by atoms with E-state index in [9.17, 15) is 4.79 Å². The van der Waals surface area contributed by atoms with E-state index in [1.165, 1.54) is 0 Å². The van der Waals surface area contributed by atoms with Crippen LogP contribution < -0.4 is 11.5 Å².